The molecule has 88 valence electrons. The number of ether oxygens (including phenoxy) is 1. The van der Waals surface area contributed by atoms with Crippen LogP contribution in [0.1, 0.15) is 5.56 Å². The van der Waals surface area contributed by atoms with Crippen LogP contribution in [0, 0.1) is 0 Å². The van der Waals surface area contributed by atoms with Gasteiger partial charge in [-0.2, -0.15) is 0 Å². The van der Waals surface area contributed by atoms with Crippen molar-refractivity contribution in [1.82, 2.24) is 9.97 Å². The Hall–Kier alpha value is -0.650. The van der Waals surface area contributed by atoms with Gasteiger partial charge in [-0.25, -0.2) is 9.97 Å². The molecule has 0 radical (unpaired) electrons. The Balaban J connectivity index is 2.19. The zero-order valence-corrected chi connectivity index (χ0v) is 12.5. The topological polar surface area (TPSA) is 35.0 Å². The van der Waals surface area contributed by atoms with E-state index in [9.17, 15) is 0 Å². The van der Waals surface area contributed by atoms with E-state index in [0.29, 0.717) is 16.1 Å². The Morgan fingerprint density at radius 3 is 2.53 bits per heavy atom. The average Bonchev–Trinajstić information content (AvgIpc) is 2.34. The maximum atomic E-state index is 6.02. The summed E-state index contributed by atoms with van der Waals surface area (Å²) in [7, 11) is 0. The number of aromatic nitrogens is 2. The molecule has 1 aromatic carbocycles. The van der Waals surface area contributed by atoms with Gasteiger partial charge in [0.25, 0.3) is 0 Å². The van der Waals surface area contributed by atoms with Gasteiger partial charge in [0.15, 0.2) is 0 Å². The first kappa shape index (κ1) is 12.8. The molecule has 3 nitrogen and oxygen atoms in total. The maximum absolute atomic E-state index is 6.02. The van der Waals surface area contributed by atoms with Gasteiger partial charge in [-0.15, -0.1) is 0 Å². The number of alkyl halides is 1. The molecule has 0 atom stereocenters. The van der Waals surface area contributed by atoms with Crippen LogP contribution in [0.3, 0.4) is 0 Å². The molecule has 2 rings (SSSR count). The van der Waals surface area contributed by atoms with Gasteiger partial charge in [0, 0.05) is 22.2 Å². The fraction of sp³-hybridized carbons (Fsp3) is 0.0909. The second-order valence-corrected chi connectivity index (χ2v) is 5.07. The van der Waals surface area contributed by atoms with Crippen LogP contribution in [0.15, 0.2) is 35.1 Å². The third-order valence-corrected chi connectivity index (χ3v) is 3.37. The van der Waals surface area contributed by atoms with E-state index < -0.39 is 0 Å². The van der Waals surface area contributed by atoms with Crippen molar-refractivity contribution in [2.24, 2.45) is 0 Å². The van der Waals surface area contributed by atoms with E-state index in [-0.39, 0.29) is 6.01 Å². The van der Waals surface area contributed by atoms with Crippen molar-refractivity contribution in [3.63, 3.8) is 0 Å². The number of halogens is 3. The molecule has 6 heteroatoms. The van der Waals surface area contributed by atoms with Crippen molar-refractivity contribution in [3.8, 4) is 11.8 Å². The molecule has 0 aliphatic heterocycles. The number of rotatable bonds is 3. The molecule has 0 N–H and O–H groups in total. The zero-order valence-electron chi connectivity index (χ0n) is 8.53. The summed E-state index contributed by atoms with van der Waals surface area (Å²) in [5, 5.41) is 1.22. The highest BCUT2D eigenvalue weighted by Crippen LogP contribution is 2.30. The van der Waals surface area contributed by atoms with Crippen molar-refractivity contribution in [2.75, 3.05) is 0 Å². The Morgan fingerprint density at radius 2 is 1.94 bits per heavy atom. The highest BCUT2D eigenvalue weighted by Gasteiger charge is 2.05. The van der Waals surface area contributed by atoms with Gasteiger partial charge in [-0.3, -0.25) is 0 Å². The van der Waals surface area contributed by atoms with Crippen molar-refractivity contribution < 1.29 is 4.74 Å². The largest absolute Gasteiger partial charge is 0.423 e. The normalized spacial score (nSPS) is 10.3. The van der Waals surface area contributed by atoms with Gasteiger partial charge in [0.2, 0.25) is 0 Å². The van der Waals surface area contributed by atoms with Crippen LogP contribution in [-0.2, 0) is 5.33 Å². The molecule has 17 heavy (non-hydrogen) atoms. The predicted octanol–water partition coefficient (Wildman–Crippen LogP) is 4.58. The van der Waals surface area contributed by atoms with Gasteiger partial charge in [0.1, 0.15) is 5.75 Å². The molecule has 0 aliphatic carbocycles. The van der Waals surface area contributed by atoms with Crippen LogP contribution in [0.25, 0.3) is 0 Å². The Bertz CT molecular complexity index is 519. The summed E-state index contributed by atoms with van der Waals surface area (Å²) in [5.74, 6) is 0.529. The third-order valence-electron chi connectivity index (χ3n) is 1.93. The van der Waals surface area contributed by atoms with Crippen LogP contribution in [0.2, 0.25) is 5.02 Å². The molecule has 0 bridgehead atoms. The van der Waals surface area contributed by atoms with Gasteiger partial charge >= 0.3 is 6.01 Å². The van der Waals surface area contributed by atoms with Crippen molar-refractivity contribution >= 4 is 43.5 Å². The third kappa shape index (κ3) is 3.40. The number of nitrogens with zero attached hydrogens (tertiary/aromatic N) is 2. The second-order valence-electron chi connectivity index (χ2n) is 3.18. The average molecular weight is 378 g/mol. The fourth-order valence-electron chi connectivity index (χ4n) is 1.12. The number of benzene rings is 1. The number of hydrogen-bond donors (Lipinski definition) is 0. The van der Waals surface area contributed by atoms with E-state index >= 15 is 0 Å². The van der Waals surface area contributed by atoms with E-state index in [2.05, 4.69) is 41.8 Å². The molecule has 0 fully saturated rings. The summed E-state index contributed by atoms with van der Waals surface area (Å²) in [6, 6.07) is 5.63. The van der Waals surface area contributed by atoms with Crippen molar-refractivity contribution in [3.05, 3.63) is 45.7 Å². The first-order valence-corrected chi connectivity index (χ1v) is 6.98. The van der Waals surface area contributed by atoms with E-state index in [1.54, 1.807) is 24.5 Å². The minimum atomic E-state index is 0.277. The summed E-state index contributed by atoms with van der Waals surface area (Å²) >= 11 is 12.7. The van der Waals surface area contributed by atoms with E-state index in [1.165, 1.54) is 0 Å². The summed E-state index contributed by atoms with van der Waals surface area (Å²) < 4.78 is 6.37. The van der Waals surface area contributed by atoms with Gasteiger partial charge in [0.05, 0.1) is 5.02 Å². The number of hydrogen-bond acceptors (Lipinski definition) is 3. The quantitative estimate of drug-likeness (QED) is 0.734. The van der Waals surface area contributed by atoms with Crippen LogP contribution in [0.4, 0.5) is 0 Å². The molecule has 0 amide bonds. The summed E-state index contributed by atoms with van der Waals surface area (Å²) in [6.45, 7) is 0. The molecule has 2 aromatic rings. The van der Waals surface area contributed by atoms with Crippen molar-refractivity contribution in [2.45, 2.75) is 5.33 Å². The van der Waals surface area contributed by atoms with E-state index in [1.807, 2.05) is 6.07 Å². The molecular weight excluding hydrogens is 371 g/mol. The van der Waals surface area contributed by atoms with Gasteiger partial charge in [-0.1, -0.05) is 43.5 Å². The molecule has 0 spiro atoms. The highest BCUT2D eigenvalue weighted by atomic mass is 79.9. The smallest absolute Gasteiger partial charge is 0.321 e. The van der Waals surface area contributed by atoms with Crippen molar-refractivity contribution in [1.29, 1.82) is 0 Å². The van der Waals surface area contributed by atoms with E-state index in [4.69, 9.17) is 16.3 Å². The summed E-state index contributed by atoms with van der Waals surface area (Å²) in [6.07, 6.45) is 3.40. The maximum Gasteiger partial charge on any atom is 0.321 e. The summed E-state index contributed by atoms with van der Waals surface area (Å²) in [5.41, 5.74) is 0.985. The molecule has 0 saturated carbocycles. The lowest BCUT2D eigenvalue weighted by molar-refractivity contribution is 0.441. The Morgan fingerprint density at radius 1 is 1.24 bits per heavy atom. The minimum Gasteiger partial charge on any atom is -0.423 e. The lowest BCUT2D eigenvalue weighted by atomic mass is 10.3. The SMILES string of the molecule is Clc1cc(Br)ccc1Oc1ncc(CBr)cn1. The molecular formula is C11H7Br2ClN2O. The first-order valence-electron chi connectivity index (χ1n) is 4.69. The second kappa shape index (κ2) is 5.80. The predicted molar refractivity (Wildman–Crippen MR) is 73.9 cm³/mol. The molecule has 0 unspecified atom stereocenters. The zero-order chi connectivity index (χ0) is 12.3. The lowest BCUT2D eigenvalue weighted by Crippen LogP contribution is -1.93. The fourth-order valence-corrected chi connectivity index (χ4v) is 2.12. The van der Waals surface area contributed by atoms with Crippen LogP contribution < -0.4 is 4.74 Å². The van der Waals surface area contributed by atoms with Crippen LogP contribution >= 0.6 is 43.5 Å². The Labute approximate surface area is 120 Å². The standard InChI is InChI=1S/C11H7Br2ClN2O/c12-4-7-5-15-11(16-6-7)17-10-2-1-8(13)3-9(10)14/h1-3,5-6H,4H2. The van der Waals surface area contributed by atoms with Crippen LogP contribution in [-0.4, -0.2) is 9.97 Å². The van der Waals surface area contributed by atoms with E-state index in [0.717, 1.165) is 10.0 Å². The monoisotopic (exact) mass is 376 g/mol. The lowest BCUT2D eigenvalue weighted by Gasteiger charge is -2.05. The Kier molecular flexibility index (Phi) is 4.36. The first-order chi connectivity index (χ1) is 8.19. The minimum absolute atomic E-state index is 0.277. The van der Waals surface area contributed by atoms with Gasteiger partial charge in [-0.05, 0) is 23.8 Å². The molecule has 0 saturated heterocycles. The van der Waals surface area contributed by atoms with Crippen LogP contribution in [0.5, 0.6) is 11.8 Å². The molecule has 0 aliphatic rings. The highest BCUT2D eigenvalue weighted by molar-refractivity contribution is 9.10. The summed E-state index contributed by atoms with van der Waals surface area (Å²) in [4.78, 5) is 8.15. The molecule has 1 heterocycles. The van der Waals surface area contributed by atoms with Gasteiger partial charge < -0.3 is 4.74 Å². The molecule has 1 aromatic heterocycles.